The number of carboxylic acids is 1. The maximum absolute atomic E-state index is 13.4. The van der Waals surface area contributed by atoms with Gasteiger partial charge >= 0.3 is 12.1 Å². The number of aromatic nitrogens is 2. The van der Waals surface area contributed by atoms with Gasteiger partial charge in [0, 0.05) is 31.4 Å². The molecule has 4 rings (SSSR count). The molecular formula is C26H27Cl2F4N5O4. The molecule has 9 nitrogen and oxygen atoms in total. The molecule has 1 aliphatic heterocycles. The molecule has 3 atom stereocenters. The third-order valence-electron chi connectivity index (χ3n) is 6.33. The van der Waals surface area contributed by atoms with Crippen LogP contribution in [0.1, 0.15) is 24.5 Å². The number of nitrogens with zero attached hydrogens (tertiary/aromatic N) is 2. The molecule has 4 N–H and O–H groups in total. The number of aryl methyl sites for hydroxylation is 1. The molecule has 2 amide bonds. The summed E-state index contributed by atoms with van der Waals surface area (Å²) in [5, 5.41) is 17.5. The quantitative estimate of drug-likeness (QED) is 0.296. The number of halogens is 6. The summed E-state index contributed by atoms with van der Waals surface area (Å²) in [4.78, 5) is 38.5. The van der Waals surface area contributed by atoms with Gasteiger partial charge in [-0.3, -0.25) is 9.59 Å². The van der Waals surface area contributed by atoms with Crippen molar-refractivity contribution in [2.24, 2.45) is 13.0 Å². The van der Waals surface area contributed by atoms with E-state index in [0.29, 0.717) is 24.4 Å². The van der Waals surface area contributed by atoms with Crippen molar-refractivity contribution >= 4 is 52.0 Å². The van der Waals surface area contributed by atoms with Crippen LogP contribution in [0, 0.1) is 11.7 Å². The van der Waals surface area contributed by atoms with Crippen LogP contribution in [0.3, 0.4) is 0 Å². The first-order valence-corrected chi connectivity index (χ1v) is 13.1. The van der Waals surface area contributed by atoms with Crippen molar-refractivity contribution in [2.45, 2.75) is 44.6 Å². The minimum absolute atomic E-state index is 0.0974. The Labute approximate surface area is 242 Å². The van der Waals surface area contributed by atoms with E-state index in [9.17, 15) is 27.2 Å². The van der Waals surface area contributed by atoms with Gasteiger partial charge in [-0.25, -0.2) is 14.2 Å². The highest BCUT2D eigenvalue weighted by Gasteiger charge is 2.38. The highest BCUT2D eigenvalue weighted by Crippen LogP contribution is 2.25. The first-order valence-electron chi connectivity index (χ1n) is 12.3. The van der Waals surface area contributed by atoms with Gasteiger partial charge in [-0.05, 0) is 61.6 Å². The average Bonchev–Trinajstić information content (AvgIpc) is 3.48. The van der Waals surface area contributed by atoms with Crippen LogP contribution in [-0.4, -0.2) is 57.2 Å². The molecule has 0 saturated carbocycles. The van der Waals surface area contributed by atoms with Crippen molar-refractivity contribution in [3.05, 3.63) is 63.6 Å². The van der Waals surface area contributed by atoms with Crippen molar-refractivity contribution in [1.82, 2.24) is 25.5 Å². The molecule has 3 heterocycles. The zero-order chi connectivity index (χ0) is 30.5. The molecule has 1 aliphatic rings. The number of carboxylic acid groups (broad SMARTS) is 1. The van der Waals surface area contributed by atoms with Crippen molar-refractivity contribution in [3.63, 3.8) is 0 Å². The molecule has 3 aromatic rings. The summed E-state index contributed by atoms with van der Waals surface area (Å²) in [5.41, 5.74) is 2.51. The van der Waals surface area contributed by atoms with Crippen LogP contribution in [-0.2, 0) is 34.4 Å². The smallest absolute Gasteiger partial charge is 0.475 e. The molecule has 0 spiro atoms. The summed E-state index contributed by atoms with van der Waals surface area (Å²) in [7, 11) is 1.87. The Balaban J connectivity index is 0.000000587. The van der Waals surface area contributed by atoms with E-state index in [-0.39, 0.29) is 35.3 Å². The Morgan fingerprint density at radius 1 is 1.20 bits per heavy atom. The monoisotopic (exact) mass is 619 g/mol. The number of hydrogen-bond acceptors (Lipinski definition) is 5. The number of hydrogen-bond donors (Lipinski definition) is 4. The number of carbonyl (C=O) groups excluding carboxylic acids is 2. The van der Waals surface area contributed by atoms with E-state index in [1.807, 2.05) is 17.7 Å². The Kier molecular flexibility index (Phi) is 10.6. The summed E-state index contributed by atoms with van der Waals surface area (Å²) in [6, 6.07) is 5.50. The fourth-order valence-corrected chi connectivity index (χ4v) is 4.73. The molecule has 1 fully saturated rings. The Hall–Kier alpha value is -3.42. The van der Waals surface area contributed by atoms with Crippen molar-refractivity contribution < 1.29 is 37.1 Å². The molecule has 0 aliphatic carbocycles. The predicted molar refractivity (Wildman–Crippen MR) is 144 cm³/mol. The van der Waals surface area contributed by atoms with Crippen molar-refractivity contribution in [2.75, 3.05) is 6.54 Å². The van der Waals surface area contributed by atoms with E-state index in [1.165, 1.54) is 6.07 Å². The number of amides is 2. The number of fused-ring (bicyclic) bond motifs is 1. The maximum Gasteiger partial charge on any atom is 0.490 e. The summed E-state index contributed by atoms with van der Waals surface area (Å²) in [5.74, 6) is -3.49. The lowest BCUT2D eigenvalue weighted by atomic mass is 9.96. The van der Waals surface area contributed by atoms with Gasteiger partial charge in [-0.2, -0.15) is 13.2 Å². The Bertz CT molecular complexity index is 1430. The molecule has 41 heavy (non-hydrogen) atoms. The average molecular weight is 620 g/mol. The largest absolute Gasteiger partial charge is 0.490 e. The molecule has 2 aromatic heterocycles. The van der Waals surface area contributed by atoms with Gasteiger partial charge in [-0.1, -0.05) is 29.3 Å². The molecule has 222 valence electrons. The van der Waals surface area contributed by atoms with Gasteiger partial charge in [0.25, 0.3) is 0 Å². The van der Waals surface area contributed by atoms with Gasteiger partial charge < -0.3 is 25.6 Å². The number of pyridine rings is 1. The van der Waals surface area contributed by atoms with Crippen LogP contribution in [0.4, 0.5) is 17.6 Å². The Morgan fingerprint density at radius 2 is 1.88 bits per heavy atom. The van der Waals surface area contributed by atoms with Crippen molar-refractivity contribution in [3.8, 4) is 0 Å². The second-order valence-electron chi connectivity index (χ2n) is 9.57. The van der Waals surface area contributed by atoms with Gasteiger partial charge in [0.1, 0.15) is 17.5 Å². The predicted octanol–water partition coefficient (Wildman–Crippen LogP) is 3.99. The standard InChI is InChI=1S/C24H26Cl2FN5O2.C2HF3O2/c1-13(23(33)30-11-16-6-17-19(26)12-32(2)22(17)29-10-16)31-24(34)21-8-15(9-28-21)5-14-3-4-20(27)18(25)7-14;3-2(4,5)1(6)7/h3-4,6-7,10,12-13,15,21,28H,5,8-9,11H2,1-2H3,(H,30,33)(H,31,34);(H,6,7)/t13-,15-,21?;/m0./s1. The van der Waals surface area contributed by atoms with Crippen LogP contribution in [0.25, 0.3) is 11.0 Å². The molecule has 1 unspecified atom stereocenters. The third kappa shape index (κ3) is 8.78. The molecule has 1 aromatic carbocycles. The summed E-state index contributed by atoms with van der Waals surface area (Å²) in [6.45, 7) is 2.58. The fraction of sp³-hybridized carbons (Fsp3) is 0.385. The minimum Gasteiger partial charge on any atom is -0.475 e. The number of nitrogens with one attached hydrogen (secondary N) is 3. The van der Waals surface area contributed by atoms with Crippen LogP contribution in [0.2, 0.25) is 10.0 Å². The molecule has 0 radical (unpaired) electrons. The second kappa shape index (κ2) is 13.5. The van der Waals surface area contributed by atoms with Gasteiger partial charge in [0.15, 0.2) is 0 Å². The van der Waals surface area contributed by atoms with E-state index in [2.05, 4.69) is 20.9 Å². The van der Waals surface area contributed by atoms with E-state index in [4.69, 9.17) is 33.1 Å². The number of alkyl halides is 3. The first-order chi connectivity index (χ1) is 19.1. The topological polar surface area (TPSA) is 125 Å². The first kappa shape index (κ1) is 32.1. The van der Waals surface area contributed by atoms with E-state index < -0.39 is 24.0 Å². The second-order valence-corrected chi connectivity index (χ2v) is 10.4. The molecule has 1 saturated heterocycles. The third-order valence-corrected chi connectivity index (χ3v) is 6.92. The van der Waals surface area contributed by atoms with Crippen LogP contribution in [0.5, 0.6) is 0 Å². The van der Waals surface area contributed by atoms with E-state index >= 15 is 0 Å². The van der Waals surface area contributed by atoms with Gasteiger partial charge in [0.2, 0.25) is 11.8 Å². The summed E-state index contributed by atoms with van der Waals surface area (Å²) < 4.78 is 46.9. The lowest BCUT2D eigenvalue weighted by Gasteiger charge is -2.17. The van der Waals surface area contributed by atoms with Crippen LogP contribution < -0.4 is 16.0 Å². The normalized spacial score (nSPS) is 17.5. The SMILES string of the molecule is C[C@H](NC(=O)C1C[C@H](Cc2ccc(F)c(Cl)c2)CN1)C(=O)NCc1cnc2c(c1)c(Cl)cn2C.O=C(O)C(F)(F)F. The van der Waals surface area contributed by atoms with Crippen LogP contribution >= 0.6 is 23.2 Å². The van der Waals surface area contributed by atoms with Gasteiger partial charge in [0.05, 0.1) is 16.1 Å². The van der Waals surface area contributed by atoms with Crippen molar-refractivity contribution in [1.29, 1.82) is 0 Å². The lowest BCUT2D eigenvalue weighted by Crippen LogP contribution is -2.49. The van der Waals surface area contributed by atoms with Gasteiger partial charge in [-0.15, -0.1) is 0 Å². The summed E-state index contributed by atoms with van der Waals surface area (Å²) >= 11 is 12.1. The molecule has 15 heteroatoms. The lowest BCUT2D eigenvalue weighted by molar-refractivity contribution is -0.192. The highest BCUT2D eigenvalue weighted by atomic mass is 35.5. The molecular weight excluding hydrogens is 593 g/mol. The summed E-state index contributed by atoms with van der Waals surface area (Å²) in [6.07, 6.45) is -0.288. The zero-order valence-corrected chi connectivity index (χ0v) is 23.4. The van der Waals surface area contributed by atoms with Crippen LogP contribution in [0.15, 0.2) is 36.7 Å². The fourth-order valence-electron chi connectivity index (χ4n) is 4.24. The molecule has 0 bridgehead atoms. The highest BCUT2D eigenvalue weighted by molar-refractivity contribution is 6.35. The zero-order valence-electron chi connectivity index (χ0n) is 21.9. The number of aliphatic carboxylic acids is 1. The number of rotatable bonds is 7. The van der Waals surface area contributed by atoms with E-state index in [1.54, 1.807) is 31.5 Å². The number of benzene rings is 1. The maximum atomic E-state index is 13.4. The number of carbonyl (C=O) groups is 3. The van der Waals surface area contributed by atoms with E-state index in [0.717, 1.165) is 22.2 Å². The Morgan fingerprint density at radius 3 is 2.51 bits per heavy atom. The minimum atomic E-state index is -5.08.